The van der Waals surface area contributed by atoms with Crippen molar-refractivity contribution in [2.24, 2.45) is 40.9 Å². The fourth-order valence-corrected chi connectivity index (χ4v) is 14.4. The first-order chi connectivity index (χ1) is 68.4. The van der Waals surface area contributed by atoms with Crippen LogP contribution in [0.5, 0.6) is 0 Å². The van der Waals surface area contributed by atoms with E-state index in [1.54, 1.807) is 58.0 Å². The van der Waals surface area contributed by atoms with Crippen LogP contribution in [0.3, 0.4) is 0 Å². The molecule has 822 valence electrons. The number of aliphatic hydroxyl groups excluding tert-OH is 9. The molecule has 0 unspecified atom stereocenters. The average Bonchev–Trinajstić information content (AvgIpc) is 1.70. The van der Waals surface area contributed by atoms with Crippen molar-refractivity contribution in [2.75, 3.05) is 52.7 Å². The Bertz CT molecular complexity index is 4610. The molecule has 146 heavy (non-hydrogen) atoms. The number of benzene rings is 1. The normalized spacial score (nSPS) is 16.9. The van der Waals surface area contributed by atoms with Crippen LogP contribution in [0.1, 0.15) is 166 Å². The van der Waals surface area contributed by atoms with E-state index in [0.29, 0.717) is 12.0 Å². The van der Waals surface area contributed by atoms with Gasteiger partial charge in [0, 0.05) is 25.8 Å². The van der Waals surface area contributed by atoms with Gasteiger partial charge in [0.2, 0.25) is 118 Å². The summed E-state index contributed by atoms with van der Waals surface area (Å²) >= 11 is 0. The number of carboxylic acids is 3. The third-order valence-corrected chi connectivity index (χ3v) is 22.7. The summed E-state index contributed by atoms with van der Waals surface area (Å²) in [5, 5.41) is 161. The lowest BCUT2D eigenvalue weighted by molar-refractivity contribution is -0.146. The molecule has 20 amide bonds. The van der Waals surface area contributed by atoms with Crippen molar-refractivity contribution in [2.45, 2.75) is 306 Å². The van der Waals surface area contributed by atoms with Gasteiger partial charge >= 0.3 is 17.9 Å². The number of aliphatic hydroxyl groups is 9. The van der Waals surface area contributed by atoms with Crippen molar-refractivity contribution in [3.05, 3.63) is 35.9 Å². The fourth-order valence-electron chi connectivity index (χ4n) is 14.4. The highest BCUT2D eigenvalue weighted by Crippen LogP contribution is 2.22. The van der Waals surface area contributed by atoms with Gasteiger partial charge in [-0.05, 0) is 121 Å². The quantitative estimate of drug-likeness (QED) is 0.0269. The molecule has 0 bridgehead atoms. The Morgan fingerprint density at radius 3 is 1.08 bits per heavy atom. The minimum Gasteiger partial charge on any atom is -0.481 e. The summed E-state index contributed by atoms with van der Waals surface area (Å²) in [6, 6.07) is -27.5. The maximum Gasteiger partial charge on any atom is 0.328 e. The van der Waals surface area contributed by atoms with Gasteiger partial charge in [-0.1, -0.05) is 85.7 Å². The molecule has 1 fully saturated rings. The van der Waals surface area contributed by atoms with Gasteiger partial charge in [0.1, 0.15) is 121 Å². The molecule has 1 heterocycles. The number of likely N-dealkylation sites (tertiary alicyclic amines) is 1. The van der Waals surface area contributed by atoms with Gasteiger partial charge in [0.15, 0.2) is 0 Å². The molecule has 1 saturated heterocycles. The summed E-state index contributed by atoms with van der Waals surface area (Å²) in [5.74, 6) is -31.0. The van der Waals surface area contributed by atoms with Gasteiger partial charge in [-0.2, -0.15) is 0 Å². The maximum absolute atomic E-state index is 14.8. The number of hydrogen-bond acceptors (Lipinski definition) is 34. The monoisotopic (exact) mass is 2080 g/mol. The second kappa shape index (κ2) is 64.5. The van der Waals surface area contributed by atoms with E-state index >= 15 is 0 Å². The van der Waals surface area contributed by atoms with Crippen molar-refractivity contribution >= 4 is 136 Å². The lowest BCUT2D eigenvalue weighted by Crippen LogP contribution is -2.63. The summed E-state index contributed by atoms with van der Waals surface area (Å²) in [4.78, 5) is 313. The van der Waals surface area contributed by atoms with E-state index in [0.717, 1.165) is 25.7 Å². The standard InChI is InChI=1S/C89H146N22O35/c1-39(2)29-51(97-79(135)56(34-113)101-70(126)43(9)93-77(133)55(33-112)102-72(128)49(23-25-62(91)121)95-71(127)48(21-16-17-27-90)94-78(134)58(36-115)104-83(139)65(92)44(10)118)75(131)103-57(35-114)80(136)100-54(32-64(124)125)88(144)111-28-18-22-61(111)82(138)98-53(31-47-19-14-13-15-20-47)76(132)107-67(42(7)8)85(141)108-66(41(5)6)84(140)99-52(30-40(3)4)74(130)96-50(24-26-63(122)123)73(129)109-69(46(12)120)87(143)110-68(45(11)119)86(142)105-59(37-116)81(137)106-60(38-117)89(145)146/h13-15,19-20,39-46,48-61,65-69,112-120H,16-18,21-38,90,92H2,1-12H3,(H2,91,121)(H,93,133)(H,94,134)(H,95,127)(H,96,130)(H,97,135)(H,98,138)(H,99,140)(H,100,136)(H,101,126)(H,102,128)(H,103,131)(H,104,139)(H,105,142)(H,106,137)(H,107,132)(H,108,141)(H,109,129)(H,110,143)(H,122,123)(H,124,125)(H,145,146)/t43-,44+,45+,46+,48-,49-,50-,51-,52-,53-,54-,55-,56-,57-,58-,59-,60-,61-,65-,66-,67-,68-,69-/m0/s1. The van der Waals surface area contributed by atoms with Crippen LogP contribution in [0.25, 0.3) is 0 Å². The lowest BCUT2D eigenvalue weighted by atomic mass is 9.97. The zero-order chi connectivity index (χ0) is 111. The van der Waals surface area contributed by atoms with Crippen LogP contribution in [-0.4, -0.2) is 394 Å². The number of carboxylic acid groups (broad SMARTS) is 3. The first kappa shape index (κ1) is 129. The number of primary amides is 1. The minimum absolute atomic E-state index is 0.0676. The number of nitrogens with two attached hydrogens (primary N) is 3. The van der Waals surface area contributed by atoms with Crippen molar-refractivity contribution in [1.29, 1.82) is 0 Å². The summed E-state index contributed by atoms with van der Waals surface area (Å²) in [5.41, 5.74) is 17.0. The van der Waals surface area contributed by atoms with Crippen LogP contribution in [0, 0.1) is 23.7 Å². The highest BCUT2D eigenvalue weighted by molar-refractivity contribution is 6.03. The Labute approximate surface area is 840 Å². The molecule has 23 atom stereocenters. The van der Waals surface area contributed by atoms with Crippen LogP contribution < -0.4 is 113 Å². The number of nitrogens with zero attached hydrogens (tertiary/aromatic N) is 1. The van der Waals surface area contributed by atoms with Gasteiger partial charge in [-0.3, -0.25) is 105 Å². The Kier molecular flexibility index (Phi) is 56.8. The number of nitrogens with one attached hydrogen (secondary N) is 18. The molecular formula is C89H146N22O35. The van der Waals surface area contributed by atoms with Crippen LogP contribution in [0.2, 0.25) is 0 Å². The number of carbonyl (C=O) groups is 23. The van der Waals surface area contributed by atoms with Gasteiger partial charge < -0.3 is 179 Å². The van der Waals surface area contributed by atoms with E-state index in [2.05, 4.69) is 85.1 Å². The van der Waals surface area contributed by atoms with Crippen molar-refractivity contribution < 1.29 is 172 Å². The van der Waals surface area contributed by atoms with Gasteiger partial charge in [-0.15, -0.1) is 0 Å². The van der Waals surface area contributed by atoms with E-state index in [4.69, 9.17) is 17.2 Å². The van der Waals surface area contributed by atoms with Crippen molar-refractivity contribution in [1.82, 2.24) is 101 Å². The van der Waals surface area contributed by atoms with Crippen LogP contribution in [-0.2, 0) is 117 Å². The van der Waals surface area contributed by atoms with E-state index in [1.807, 2.05) is 10.6 Å². The van der Waals surface area contributed by atoms with Gasteiger partial charge in [-0.25, -0.2) is 4.79 Å². The van der Waals surface area contributed by atoms with E-state index in [9.17, 15) is 172 Å². The lowest BCUT2D eigenvalue weighted by Gasteiger charge is -2.31. The molecule has 57 heteroatoms. The summed E-state index contributed by atoms with van der Waals surface area (Å²) in [6.45, 7) is 9.58. The molecule has 0 spiro atoms. The third-order valence-electron chi connectivity index (χ3n) is 22.7. The molecule has 57 nitrogen and oxygen atoms in total. The zero-order valence-electron chi connectivity index (χ0n) is 83.3. The Balaban J connectivity index is 2.41. The van der Waals surface area contributed by atoms with Crippen molar-refractivity contribution in [3.63, 3.8) is 0 Å². The molecule has 36 N–H and O–H groups in total. The smallest absolute Gasteiger partial charge is 0.328 e. The Hall–Kier alpha value is -13.4. The molecule has 0 aromatic heterocycles. The molecule has 0 saturated carbocycles. The Morgan fingerprint density at radius 2 is 0.678 bits per heavy atom. The average molecular weight is 2080 g/mol. The molecule has 2 rings (SSSR count). The van der Waals surface area contributed by atoms with Crippen LogP contribution in [0.4, 0.5) is 0 Å². The first-order valence-corrected chi connectivity index (χ1v) is 47.3. The maximum atomic E-state index is 14.8. The second-order valence-corrected chi connectivity index (χ2v) is 36.6. The predicted octanol–water partition coefficient (Wildman–Crippen LogP) is -14.4. The van der Waals surface area contributed by atoms with Crippen molar-refractivity contribution in [3.8, 4) is 0 Å². The number of carbonyl (C=O) groups excluding carboxylic acids is 20. The molecule has 1 aromatic carbocycles. The number of amides is 20. The number of rotatable bonds is 67. The first-order valence-electron chi connectivity index (χ1n) is 47.3. The van der Waals surface area contributed by atoms with Gasteiger partial charge in [0.05, 0.1) is 64.4 Å². The van der Waals surface area contributed by atoms with Gasteiger partial charge in [0.25, 0.3) is 0 Å². The highest BCUT2D eigenvalue weighted by Gasteiger charge is 2.45. The van der Waals surface area contributed by atoms with Crippen LogP contribution in [0.15, 0.2) is 30.3 Å². The summed E-state index contributed by atoms with van der Waals surface area (Å²) < 4.78 is 0. The van der Waals surface area contributed by atoms with E-state index < -0.39 is 371 Å². The number of hydrogen-bond donors (Lipinski definition) is 33. The fraction of sp³-hybridized carbons (Fsp3) is 0.674. The van der Waals surface area contributed by atoms with E-state index in [-0.39, 0.29) is 58.0 Å². The van der Waals surface area contributed by atoms with E-state index in [1.165, 1.54) is 34.6 Å². The summed E-state index contributed by atoms with van der Waals surface area (Å²) in [7, 11) is 0. The Morgan fingerprint density at radius 1 is 0.349 bits per heavy atom. The SMILES string of the molecule is CC(C)C[C@H](NC(=O)[C@H](CO)NC(=O)[C@H](C)NC(=O)[C@H](CO)NC(=O)[C@H](CCC(N)=O)NC(=O)[C@H](CCCCN)NC(=O)[C@H](CO)NC(=O)[C@@H](N)[C@@H](C)O)C(=O)N[C@@H](CO)C(=O)N[C@@H](CC(=O)O)C(=O)N1CCC[C@H]1C(=O)N[C@@H](Cc1ccccc1)C(=O)N[C@H](C(=O)N[C@H](C(=O)N[C@@H](CC(C)C)C(=O)N[C@@H](CCC(=O)O)C(=O)N[C@H](C(=O)N[C@H](C(=O)N[C@@H](CO)C(=O)N[C@@H](CO)C(=O)O)[C@@H](C)O)[C@@H](C)O)C(C)C)C(C)C. The number of aliphatic carboxylic acids is 3. The predicted molar refractivity (Wildman–Crippen MR) is 508 cm³/mol. The zero-order valence-corrected chi connectivity index (χ0v) is 83.3. The third kappa shape index (κ3) is 43.9. The molecule has 0 aliphatic carbocycles. The molecular weight excluding hydrogens is 1940 g/mol. The van der Waals surface area contributed by atoms with Crippen LogP contribution >= 0.6 is 0 Å². The summed E-state index contributed by atoms with van der Waals surface area (Å²) in [6.07, 6.45) is -9.41. The molecule has 1 aliphatic rings. The second-order valence-electron chi connectivity index (χ2n) is 36.6. The molecule has 1 aromatic rings. The highest BCUT2D eigenvalue weighted by atomic mass is 16.4. The molecule has 1 aliphatic heterocycles. The largest absolute Gasteiger partial charge is 0.481 e. The molecule has 0 radical (unpaired) electrons. The number of unbranched alkanes of at least 4 members (excludes halogenated alkanes) is 1. The minimum atomic E-state index is -2.08. The topological polar surface area (TPSA) is 933 Å².